The van der Waals surface area contributed by atoms with Gasteiger partial charge in [-0.05, 0) is 41.9 Å². The van der Waals surface area contributed by atoms with Crippen LogP contribution in [0.25, 0.3) is 10.9 Å². The van der Waals surface area contributed by atoms with E-state index in [1.807, 2.05) is 17.0 Å². The van der Waals surface area contributed by atoms with Gasteiger partial charge in [0.05, 0.1) is 12.2 Å². The number of nitrogens with two attached hydrogens (primary N) is 1. The second-order valence-electron chi connectivity index (χ2n) is 7.14. The van der Waals surface area contributed by atoms with E-state index in [1.54, 1.807) is 0 Å². The third kappa shape index (κ3) is 2.91. The molecule has 3 aromatic rings. The Kier molecular flexibility index (Phi) is 3.81. The van der Waals surface area contributed by atoms with E-state index in [2.05, 4.69) is 40.9 Å². The molecule has 0 fully saturated rings. The van der Waals surface area contributed by atoms with Crippen molar-refractivity contribution < 1.29 is 4.79 Å². The van der Waals surface area contributed by atoms with Gasteiger partial charge in [0, 0.05) is 28.7 Å². The van der Waals surface area contributed by atoms with Crippen LogP contribution in [-0.2, 0) is 13.0 Å². The second-order valence-corrected chi connectivity index (χ2v) is 12.4. The van der Waals surface area contributed by atoms with Crippen molar-refractivity contribution in [2.75, 3.05) is 31.0 Å². The molecule has 0 atom stereocenters. The standard InChI is InChI=1S/C18H22N4OS2/c1-25(2,3)16-6-4-5-12-11(16)9-14(20-12)17(23)22-8-7-13-15(10-22)24-18(19)21-13/h4-6,9,20H,7-8,10H2,1-3H3,(H2,19,21). The van der Waals surface area contributed by atoms with Crippen molar-refractivity contribution >= 4 is 43.3 Å². The number of carbonyl (C=O) groups excluding carboxylic acids is 1. The van der Waals surface area contributed by atoms with Gasteiger partial charge in [-0.1, -0.05) is 6.07 Å². The molecule has 3 N–H and O–H groups in total. The van der Waals surface area contributed by atoms with Crippen LogP contribution in [0.1, 0.15) is 21.1 Å². The lowest BCUT2D eigenvalue weighted by molar-refractivity contribution is 0.0731. The lowest BCUT2D eigenvalue weighted by Crippen LogP contribution is -2.35. The zero-order valence-corrected chi connectivity index (χ0v) is 16.3. The van der Waals surface area contributed by atoms with E-state index < -0.39 is 10.0 Å². The van der Waals surface area contributed by atoms with Crippen LogP contribution in [-0.4, -0.2) is 46.1 Å². The number of hydrogen-bond acceptors (Lipinski definition) is 4. The zero-order valence-electron chi connectivity index (χ0n) is 14.6. The molecule has 25 heavy (non-hydrogen) atoms. The molecule has 0 aliphatic carbocycles. The van der Waals surface area contributed by atoms with Gasteiger partial charge in [-0.15, -0.1) is 11.3 Å². The maximum absolute atomic E-state index is 13.0. The van der Waals surface area contributed by atoms with Crippen LogP contribution >= 0.6 is 21.4 Å². The minimum Gasteiger partial charge on any atom is -0.375 e. The van der Waals surface area contributed by atoms with Crippen molar-refractivity contribution in [2.24, 2.45) is 0 Å². The van der Waals surface area contributed by atoms with Gasteiger partial charge in [-0.2, -0.15) is 0 Å². The van der Waals surface area contributed by atoms with Crippen LogP contribution in [0.15, 0.2) is 29.2 Å². The summed E-state index contributed by atoms with van der Waals surface area (Å²) in [6.45, 7) is 1.28. The molecule has 0 radical (unpaired) electrons. The topological polar surface area (TPSA) is 75.0 Å². The molecule has 2 aromatic heterocycles. The monoisotopic (exact) mass is 374 g/mol. The van der Waals surface area contributed by atoms with Crippen LogP contribution in [0.2, 0.25) is 0 Å². The van der Waals surface area contributed by atoms with E-state index in [0.29, 0.717) is 23.9 Å². The number of hydrogen-bond donors (Lipinski definition) is 2. The number of nitrogens with one attached hydrogen (secondary N) is 1. The largest absolute Gasteiger partial charge is 0.375 e. The highest BCUT2D eigenvalue weighted by atomic mass is 32.3. The van der Waals surface area contributed by atoms with E-state index in [0.717, 1.165) is 27.9 Å². The Morgan fingerprint density at radius 3 is 2.92 bits per heavy atom. The van der Waals surface area contributed by atoms with E-state index in [4.69, 9.17) is 5.73 Å². The molecule has 1 amide bonds. The van der Waals surface area contributed by atoms with Gasteiger partial charge in [0.2, 0.25) is 0 Å². The van der Waals surface area contributed by atoms with Gasteiger partial charge in [0.15, 0.2) is 5.13 Å². The Balaban J connectivity index is 1.67. The summed E-state index contributed by atoms with van der Waals surface area (Å²) in [4.78, 5) is 25.0. The van der Waals surface area contributed by atoms with Crippen molar-refractivity contribution in [2.45, 2.75) is 17.9 Å². The highest BCUT2D eigenvalue weighted by Crippen LogP contribution is 2.48. The van der Waals surface area contributed by atoms with Crippen molar-refractivity contribution in [1.29, 1.82) is 0 Å². The van der Waals surface area contributed by atoms with E-state index >= 15 is 0 Å². The van der Waals surface area contributed by atoms with Gasteiger partial charge >= 0.3 is 0 Å². The molecule has 0 spiro atoms. The average Bonchev–Trinajstić information content (AvgIpc) is 3.13. The average molecular weight is 375 g/mol. The number of fused-ring (bicyclic) bond motifs is 2. The first-order chi connectivity index (χ1) is 11.8. The summed E-state index contributed by atoms with van der Waals surface area (Å²) in [5.41, 5.74) is 8.53. The maximum Gasteiger partial charge on any atom is 0.270 e. The molecule has 1 aromatic carbocycles. The fraction of sp³-hybridized carbons (Fsp3) is 0.333. The van der Waals surface area contributed by atoms with Gasteiger partial charge in [0.1, 0.15) is 5.69 Å². The van der Waals surface area contributed by atoms with Crippen LogP contribution in [0.4, 0.5) is 5.13 Å². The smallest absolute Gasteiger partial charge is 0.270 e. The van der Waals surface area contributed by atoms with Crippen molar-refractivity contribution in [3.8, 4) is 0 Å². The highest BCUT2D eigenvalue weighted by molar-refractivity contribution is 8.32. The molecule has 0 bridgehead atoms. The summed E-state index contributed by atoms with van der Waals surface area (Å²) in [5, 5.41) is 1.75. The lowest BCUT2D eigenvalue weighted by Gasteiger charge is -2.26. The zero-order chi connectivity index (χ0) is 17.8. The quantitative estimate of drug-likeness (QED) is 0.721. The van der Waals surface area contributed by atoms with Crippen LogP contribution in [0.5, 0.6) is 0 Å². The SMILES string of the molecule is CS(C)(C)c1cccc2[nH]c(C(=O)N3CCc4nc(N)sc4C3)cc12. The molecule has 0 saturated carbocycles. The predicted octanol–water partition coefficient (Wildman–Crippen LogP) is 3.46. The van der Waals surface area contributed by atoms with Crippen molar-refractivity contribution in [3.05, 3.63) is 40.5 Å². The molecule has 0 unspecified atom stereocenters. The lowest BCUT2D eigenvalue weighted by atomic mass is 10.1. The third-order valence-electron chi connectivity index (χ3n) is 4.55. The van der Waals surface area contributed by atoms with Gasteiger partial charge in [0.25, 0.3) is 5.91 Å². The first-order valence-electron chi connectivity index (χ1n) is 8.16. The minimum absolute atomic E-state index is 0.0451. The van der Waals surface area contributed by atoms with Gasteiger partial charge < -0.3 is 15.6 Å². The Morgan fingerprint density at radius 1 is 1.36 bits per heavy atom. The van der Waals surface area contributed by atoms with E-state index in [9.17, 15) is 4.79 Å². The number of carbonyl (C=O) groups is 1. The predicted molar refractivity (Wildman–Crippen MR) is 107 cm³/mol. The summed E-state index contributed by atoms with van der Waals surface area (Å²) in [6.07, 6.45) is 7.59. The van der Waals surface area contributed by atoms with Gasteiger partial charge in [-0.25, -0.2) is 15.0 Å². The number of H-pyrrole nitrogens is 1. The molecule has 132 valence electrons. The number of nitrogens with zero attached hydrogens (tertiary/aromatic N) is 2. The number of amides is 1. The minimum atomic E-state index is -0.869. The number of aromatic amines is 1. The summed E-state index contributed by atoms with van der Waals surface area (Å²) in [6, 6.07) is 8.29. The summed E-state index contributed by atoms with van der Waals surface area (Å²) in [7, 11) is -0.869. The van der Waals surface area contributed by atoms with Gasteiger partial charge in [-0.3, -0.25) is 4.79 Å². The molecule has 5 nitrogen and oxygen atoms in total. The first-order valence-corrected chi connectivity index (χ1v) is 11.8. The molecule has 4 rings (SSSR count). The maximum atomic E-state index is 13.0. The highest BCUT2D eigenvalue weighted by Gasteiger charge is 2.26. The van der Waals surface area contributed by atoms with Crippen LogP contribution in [0, 0.1) is 0 Å². The van der Waals surface area contributed by atoms with E-state index in [1.165, 1.54) is 16.2 Å². The Hall–Kier alpha value is -1.99. The molecule has 3 heterocycles. The number of thiazole rings is 1. The normalized spacial score (nSPS) is 15.4. The number of aromatic nitrogens is 2. The molecular weight excluding hydrogens is 352 g/mol. The van der Waals surface area contributed by atoms with Crippen molar-refractivity contribution in [3.63, 3.8) is 0 Å². The van der Waals surface area contributed by atoms with Crippen LogP contribution in [0.3, 0.4) is 0 Å². The summed E-state index contributed by atoms with van der Waals surface area (Å²) < 4.78 is 0. The summed E-state index contributed by atoms with van der Waals surface area (Å²) >= 11 is 1.48. The molecule has 7 heteroatoms. The Morgan fingerprint density at radius 2 is 2.16 bits per heavy atom. The fourth-order valence-electron chi connectivity index (χ4n) is 3.34. The molecular formula is C18H22N4OS2. The third-order valence-corrected chi connectivity index (χ3v) is 7.14. The molecule has 1 aliphatic rings. The first kappa shape index (κ1) is 16.5. The second kappa shape index (κ2) is 5.78. The fourth-order valence-corrected chi connectivity index (χ4v) is 5.55. The number of benzene rings is 1. The number of anilines is 1. The summed E-state index contributed by atoms with van der Waals surface area (Å²) in [5.74, 6) is 0.0451. The Bertz CT molecular complexity index is 967. The van der Waals surface area contributed by atoms with Crippen molar-refractivity contribution in [1.82, 2.24) is 14.9 Å². The number of nitrogen functional groups attached to an aromatic ring is 1. The molecule has 0 saturated heterocycles. The van der Waals surface area contributed by atoms with E-state index in [-0.39, 0.29) is 5.91 Å². The number of rotatable bonds is 2. The molecule has 1 aliphatic heterocycles. The Labute approximate surface area is 152 Å². The van der Waals surface area contributed by atoms with Crippen LogP contribution < -0.4 is 5.73 Å².